The third kappa shape index (κ3) is 5.08. The second kappa shape index (κ2) is 9.19. The average Bonchev–Trinajstić information content (AvgIpc) is 2.83. The average molecular weight is 394 g/mol. The van der Waals surface area contributed by atoms with E-state index in [1.165, 1.54) is 16.7 Å². The Labute approximate surface area is 163 Å². The number of amides is 1. The summed E-state index contributed by atoms with van der Waals surface area (Å²) >= 11 is 6.53. The number of carbonyl (C=O) groups is 2. The fourth-order valence-corrected chi connectivity index (χ4v) is 3.85. The van der Waals surface area contributed by atoms with Crippen LogP contribution in [-0.2, 0) is 9.59 Å². The van der Waals surface area contributed by atoms with Crippen LogP contribution in [0.25, 0.3) is 6.08 Å². The van der Waals surface area contributed by atoms with E-state index in [1.54, 1.807) is 0 Å². The molecule has 1 fully saturated rings. The molecule has 7 heteroatoms. The summed E-state index contributed by atoms with van der Waals surface area (Å²) in [5, 5.41) is 8.75. The zero-order valence-electron chi connectivity index (χ0n) is 15.2. The molecule has 0 spiro atoms. The summed E-state index contributed by atoms with van der Waals surface area (Å²) in [5.41, 5.74) is 2.01. The standard InChI is InChI=1S/C19H23NO4S2/c1-4-24-15-8-7-13(12(2)3)10-14(15)11-16-18(23)20(19(25)26-16)9-5-6-17(21)22/h7-8,10-12H,4-6,9H2,1-3H3,(H,21,22). The highest BCUT2D eigenvalue weighted by atomic mass is 32.2. The minimum atomic E-state index is -0.877. The van der Waals surface area contributed by atoms with E-state index in [9.17, 15) is 9.59 Å². The molecule has 0 unspecified atom stereocenters. The van der Waals surface area contributed by atoms with Crippen molar-refractivity contribution in [3.63, 3.8) is 0 Å². The molecule has 1 aromatic carbocycles. The van der Waals surface area contributed by atoms with E-state index in [2.05, 4.69) is 13.8 Å². The van der Waals surface area contributed by atoms with Gasteiger partial charge in [-0.3, -0.25) is 14.5 Å². The van der Waals surface area contributed by atoms with Crippen LogP contribution in [0.3, 0.4) is 0 Å². The van der Waals surface area contributed by atoms with Crippen molar-refractivity contribution in [2.24, 2.45) is 0 Å². The summed E-state index contributed by atoms with van der Waals surface area (Å²) in [4.78, 5) is 25.3. The van der Waals surface area contributed by atoms with Crippen molar-refractivity contribution in [1.82, 2.24) is 4.90 Å². The second-order valence-electron chi connectivity index (χ2n) is 6.22. The van der Waals surface area contributed by atoms with Crippen LogP contribution in [-0.4, -0.2) is 39.4 Å². The molecule has 2 rings (SSSR count). The van der Waals surface area contributed by atoms with Gasteiger partial charge in [0.2, 0.25) is 0 Å². The van der Waals surface area contributed by atoms with Gasteiger partial charge in [-0.2, -0.15) is 0 Å². The van der Waals surface area contributed by atoms with Gasteiger partial charge in [-0.1, -0.05) is 43.9 Å². The van der Waals surface area contributed by atoms with Crippen LogP contribution in [0.1, 0.15) is 50.7 Å². The highest BCUT2D eigenvalue weighted by Crippen LogP contribution is 2.35. The molecule has 0 saturated carbocycles. The molecule has 5 nitrogen and oxygen atoms in total. The molecular formula is C19H23NO4S2. The number of carboxylic acids is 1. The van der Waals surface area contributed by atoms with Crippen molar-refractivity contribution in [3.05, 3.63) is 34.2 Å². The van der Waals surface area contributed by atoms with Crippen molar-refractivity contribution in [3.8, 4) is 5.75 Å². The fourth-order valence-electron chi connectivity index (χ4n) is 2.55. The molecule has 0 aromatic heterocycles. The molecule has 140 valence electrons. The lowest BCUT2D eigenvalue weighted by atomic mass is 10.00. The third-order valence-electron chi connectivity index (χ3n) is 3.93. The lowest BCUT2D eigenvalue weighted by Gasteiger charge is -2.13. The zero-order chi connectivity index (χ0) is 19.3. The molecule has 1 aliphatic rings. The molecular weight excluding hydrogens is 370 g/mol. The molecule has 1 amide bonds. The molecule has 26 heavy (non-hydrogen) atoms. The van der Waals surface area contributed by atoms with E-state index in [0.717, 1.165) is 16.9 Å². The molecule has 0 bridgehead atoms. The number of thiocarbonyl (C=S) groups is 1. The molecule has 0 radical (unpaired) electrons. The maximum Gasteiger partial charge on any atom is 0.303 e. The Morgan fingerprint density at radius 1 is 1.42 bits per heavy atom. The number of hydrogen-bond donors (Lipinski definition) is 1. The van der Waals surface area contributed by atoms with Crippen molar-refractivity contribution in [1.29, 1.82) is 0 Å². The van der Waals surface area contributed by atoms with Gasteiger partial charge in [0.15, 0.2) is 0 Å². The number of thioether (sulfide) groups is 1. The van der Waals surface area contributed by atoms with E-state index in [1.807, 2.05) is 31.2 Å². The Morgan fingerprint density at radius 2 is 2.15 bits per heavy atom. The van der Waals surface area contributed by atoms with Crippen LogP contribution in [0.15, 0.2) is 23.1 Å². The fraction of sp³-hybridized carbons (Fsp3) is 0.421. The first-order chi connectivity index (χ1) is 12.3. The summed E-state index contributed by atoms with van der Waals surface area (Å²) in [6.07, 6.45) is 2.20. The molecule has 1 N–H and O–H groups in total. The first kappa shape index (κ1) is 20.5. The van der Waals surface area contributed by atoms with Crippen LogP contribution >= 0.6 is 24.0 Å². The van der Waals surface area contributed by atoms with E-state index in [0.29, 0.717) is 34.7 Å². The molecule has 0 atom stereocenters. The van der Waals surface area contributed by atoms with E-state index in [4.69, 9.17) is 22.1 Å². The van der Waals surface area contributed by atoms with Crippen molar-refractivity contribution < 1.29 is 19.4 Å². The second-order valence-corrected chi connectivity index (χ2v) is 7.89. The first-order valence-electron chi connectivity index (χ1n) is 8.57. The predicted octanol–water partition coefficient (Wildman–Crippen LogP) is 4.27. The highest BCUT2D eigenvalue weighted by molar-refractivity contribution is 8.26. The Balaban J connectivity index is 2.25. The highest BCUT2D eigenvalue weighted by Gasteiger charge is 2.31. The lowest BCUT2D eigenvalue weighted by Crippen LogP contribution is -2.29. The quantitative estimate of drug-likeness (QED) is 0.525. The molecule has 1 aliphatic heterocycles. The summed E-state index contributed by atoms with van der Waals surface area (Å²) in [5.74, 6) is 0.0389. The largest absolute Gasteiger partial charge is 0.493 e. The normalized spacial score (nSPS) is 16.0. The number of rotatable bonds is 8. The maximum absolute atomic E-state index is 12.6. The van der Waals surface area contributed by atoms with Gasteiger partial charge in [0, 0.05) is 18.5 Å². The Bertz CT molecular complexity index is 743. The van der Waals surface area contributed by atoms with E-state index in [-0.39, 0.29) is 12.3 Å². The minimum absolute atomic E-state index is 0.0149. The predicted molar refractivity (Wildman–Crippen MR) is 108 cm³/mol. The molecule has 1 aromatic rings. The van der Waals surface area contributed by atoms with Crippen LogP contribution in [0.4, 0.5) is 0 Å². The summed E-state index contributed by atoms with van der Waals surface area (Å²) in [6.45, 7) is 7.00. The number of aliphatic carboxylic acids is 1. The van der Waals surface area contributed by atoms with Gasteiger partial charge in [-0.15, -0.1) is 0 Å². The number of nitrogens with zero attached hydrogens (tertiary/aromatic N) is 1. The van der Waals surface area contributed by atoms with E-state index >= 15 is 0 Å². The maximum atomic E-state index is 12.6. The summed E-state index contributed by atoms with van der Waals surface area (Å²) in [6, 6.07) is 6.00. The summed E-state index contributed by atoms with van der Waals surface area (Å²) in [7, 11) is 0. The monoisotopic (exact) mass is 393 g/mol. The Kier molecular flexibility index (Phi) is 7.23. The topological polar surface area (TPSA) is 66.8 Å². The van der Waals surface area contributed by atoms with Gasteiger partial charge in [0.1, 0.15) is 10.1 Å². The van der Waals surface area contributed by atoms with Gasteiger partial charge in [-0.05, 0) is 43.0 Å². The van der Waals surface area contributed by atoms with Gasteiger partial charge >= 0.3 is 5.97 Å². The smallest absolute Gasteiger partial charge is 0.303 e. The molecule has 1 saturated heterocycles. The Hall–Kier alpha value is -1.86. The molecule has 0 aliphatic carbocycles. The first-order valence-corrected chi connectivity index (χ1v) is 9.79. The van der Waals surface area contributed by atoms with Gasteiger partial charge < -0.3 is 9.84 Å². The number of carbonyl (C=O) groups excluding carboxylic acids is 1. The van der Waals surface area contributed by atoms with Crippen molar-refractivity contribution in [2.45, 2.75) is 39.5 Å². The van der Waals surface area contributed by atoms with Crippen LogP contribution in [0.2, 0.25) is 0 Å². The van der Waals surface area contributed by atoms with Gasteiger partial charge in [0.25, 0.3) is 5.91 Å². The van der Waals surface area contributed by atoms with Crippen LogP contribution in [0, 0.1) is 0 Å². The van der Waals surface area contributed by atoms with Crippen LogP contribution < -0.4 is 4.74 Å². The SMILES string of the molecule is CCOc1ccc(C(C)C)cc1C=C1SC(=S)N(CCCC(=O)O)C1=O. The number of ether oxygens (including phenoxy) is 1. The van der Waals surface area contributed by atoms with Gasteiger partial charge in [0.05, 0.1) is 11.5 Å². The van der Waals surface area contributed by atoms with E-state index < -0.39 is 5.97 Å². The zero-order valence-corrected chi connectivity index (χ0v) is 16.8. The Morgan fingerprint density at radius 3 is 2.77 bits per heavy atom. The van der Waals surface area contributed by atoms with Crippen molar-refractivity contribution in [2.75, 3.05) is 13.2 Å². The number of hydrogen-bond acceptors (Lipinski definition) is 5. The van der Waals surface area contributed by atoms with Crippen LogP contribution in [0.5, 0.6) is 5.75 Å². The lowest BCUT2D eigenvalue weighted by molar-refractivity contribution is -0.137. The van der Waals surface area contributed by atoms with Crippen molar-refractivity contribution >= 4 is 46.3 Å². The molecule has 1 heterocycles. The third-order valence-corrected chi connectivity index (χ3v) is 5.31. The minimum Gasteiger partial charge on any atom is -0.493 e. The number of carboxylic acid groups (broad SMARTS) is 1. The van der Waals surface area contributed by atoms with Gasteiger partial charge in [-0.25, -0.2) is 0 Å². The summed E-state index contributed by atoms with van der Waals surface area (Å²) < 4.78 is 6.15. The number of benzene rings is 1.